The van der Waals surface area contributed by atoms with Crippen molar-refractivity contribution in [3.63, 3.8) is 0 Å². The molecule has 0 aromatic carbocycles. The van der Waals surface area contributed by atoms with Crippen LogP contribution in [0.15, 0.2) is 0 Å². The standard InChI is InChI=1S/C11H19NO/c1-12-5-2-9(3-6-12)11-8-10(11)4-7-13/h7,9-11H,2-6,8H2,1H3. The van der Waals surface area contributed by atoms with E-state index in [9.17, 15) is 4.79 Å². The fraction of sp³-hybridized carbons (Fsp3) is 0.909. The van der Waals surface area contributed by atoms with Gasteiger partial charge in [-0.05, 0) is 57.2 Å². The molecule has 74 valence electrons. The van der Waals surface area contributed by atoms with Crippen LogP contribution in [0.2, 0.25) is 0 Å². The molecule has 2 fully saturated rings. The monoisotopic (exact) mass is 181 g/mol. The Balaban J connectivity index is 1.74. The number of rotatable bonds is 3. The van der Waals surface area contributed by atoms with E-state index in [4.69, 9.17) is 0 Å². The molecule has 1 saturated carbocycles. The van der Waals surface area contributed by atoms with Gasteiger partial charge in [0, 0.05) is 6.42 Å². The highest BCUT2D eigenvalue weighted by Crippen LogP contribution is 2.49. The molecule has 13 heavy (non-hydrogen) atoms. The van der Waals surface area contributed by atoms with Gasteiger partial charge in [0.15, 0.2) is 0 Å². The van der Waals surface area contributed by atoms with Crippen LogP contribution in [0.4, 0.5) is 0 Å². The van der Waals surface area contributed by atoms with Gasteiger partial charge in [-0.25, -0.2) is 0 Å². The first-order chi connectivity index (χ1) is 6.31. The molecule has 1 heterocycles. The van der Waals surface area contributed by atoms with E-state index in [1.165, 1.54) is 32.4 Å². The van der Waals surface area contributed by atoms with Crippen LogP contribution in [0.3, 0.4) is 0 Å². The first-order valence-corrected chi connectivity index (χ1v) is 5.43. The third kappa shape index (κ3) is 2.11. The summed E-state index contributed by atoms with van der Waals surface area (Å²) >= 11 is 0. The maximum atomic E-state index is 10.3. The highest BCUT2D eigenvalue weighted by atomic mass is 16.1. The van der Waals surface area contributed by atoms with Crippen molar-refractivity contribution in [1.29, 1.82) is 0 Å². The van der Waals surface area contributed by atoms with Crippen molar-refractivity contribution in [2.45, 2.75) is 25.7 Å². The summed E-state index contributed by atoms with van der Waals surface area (Å²) in [6, 6.07) is 0. The van der Waals surface area contributed by atoms with Crippen molar-refractivity contribution in [2.24, 2.45) is 17.8 Å². The fourth-order valence-electron chi connectivity index (χ4n) is 2.70. The van der Waals surface area contributed by atoms with Crippen molar-refractivity contribution in [1.82, 2.24) is 4.90 Å². The fourth-order valence-corrected chi connectivity index (χ4v) is 2.70. The zero-order valence-electron chi connectivity index (χ0n) is 8.41. The minimum absolute atomic E-state index is 0.755. The second kappa shape index (κ2) is 3.79. The number of piperidine rings is 1. The molecule has 1 aliphatic heterocycles. The Morgan fingerprint density at radius 1 is 1.38 bits per heavy atom. The van der Waals surface area contributed by atoms with Gasteiger partial charge in [0.1, 0.15) is 6.29 Å². The van der Waals surface area contributed by atoms with Crippen LogP contribution in [0.5, 0.6) is 0 Å². The Morgan fingerprint density at radius 3 is 2.69 bits per heavy atom. The minimum atomic E-state index is 0.755. The summed E-state index contributed by atoms with van der Waals surface area (Å²) in [5.41, 5.74) is 0. The quantitative estimate of drug-likeness (QED) is 0.616. The molecule has 2 aliphatic rings. The number of likely N-dealkylation sites (tertiary alicyclic amines) is 1. The Morgan fingerprint density at radius 2 is 2.08 bits per heavy atom. The predicted molar refractivity (Wildman–Crippen MR) is 52.5 cm³/mol. The van der Waals surface area contributed by atoms with Gasteiger partial charge >= 0.3 is 0 Å². The molecule has 0 spiro atoms. The van der Waals surface area contributed by atoms with E-state index in [1.807, 2.05) is 0 Å². The van der Waals surface area contributed by atoms with Crippen LogP contribution in [0.1, 0.15) is 25.7 Å². The van der Waals surface area contributed by atoms with Gasteiger partial charge < -0.3 is 9.69 Å². The van der Waals surface area contributed by atoms with Crippen LogP contribution in [-0.4, -0.2) is 31.3 Å². The van der Waals surface area contributed by atoms with Gasteiger partial charge in [-0.15, -0.1) is 0 Å². The van der Waals surface area contributed by atoms with Gasteiger partial charge in [-0.1, -0.05) is 0 Å². The van der Waals surface area contributed by atoms with E-state index in [0.717, 1.165) is 30.5 Å². The van der Waals surface area contributed by atoms with E-state index >= 15 is 0 Å². The molecule has 0 N–H and O–H groups in total. The topological polar surface area (TPSA) is 20.3 Å². The van der Waals surface area contributed by atoms with Crippen LogP contribution >= 0.6 is 0 Å². The lowest BCUT2D eigenvalue weighted by molar-refractivity contribution is -0.108. The van der Waals surface area contributed by atoms with Crippen molar-refractivity contribution >= 4 is 6.29 Å². The summed E-state index contributed by atoms with van der Waals surface area (Å²) in [6.45, 7) is 2.52. The molecule has 2 rings (SSSR count). The highest BCUT2D eigenvalue weighted by Gasteiger charge is 2.42. The van der Waals surface area contributed by atoms with E-state index in [0.29, 0.717) is 0 Å². The summed E-state index contributed by atoms with van der Waals surface area (Å²) < 4.78 is 0. The molecule has 0 amide bonds. The second-order valence-electron chi connectivity index (χ2n) is 4.70. The summed E-state index contributed by atoms with van der Waals surface area (Å²) in [7, 11) is 2.20. The van der Waals surface area contributed by atoms with Crippen LogP contribution in [0, 0.1) is 17.8 Å². The maximum absolute atomic E-state index is 10.3. The summed E-state index contributed by atoms with van der Waals surface area (Å²) in [4.78, 5) is 12.7. The minimum Gasteiger partial charge on any atom is -0.306 e. The first-order valence-electron chi connectivity index (χ1n) is 5.43. The molecule has 1 saturated heterocycles. The second-order valence-corrected chi connectivity index (χ2v) is 4.70. The highest BCUT2D eigenvalue weighted by molar-refractivity contribution is 5.50. The van der Waals surface area contributed by atoms with Crippen molar-refractivity contribution < 1.29 is 4.79 Å². The first kappa shape index (κ1) is 9.20. The van der Waals surface area contributed by atoms with E-state index in [1.54, 1.807) is 0 Å². The number of hydrogen-bond acceptors (Lipinski definition) is 2. The lowest BCUT2D eigenvalue weighted by atomic mass is 9.91. The molecule has 1 aliphatic carbocycles. The van der Waals surface area contributed by atoms with Gasteiger partial charge in [0.05, 0.1) is 0 Å². The predicted octanol–water partition coefficient (Wildman–Crippen LogP) is 1.55. The average Bonchev–Trinajstić information content (AvgIpc) is 2.86. The molecule has 0 aromatic heterocycles. The Labute approximate surface area is 80.3 Å². The molecule has 0 radical (unpaired) electrons. The van der Waals surface area contributed by atoms with E-state index in [-0.39, 0.29) is 0 Å². The normalized spacial score (nSPS) is 36.1. The van der Waals surface area contributed by atoms with Crippen molar-refractivity contribution in [2.75, 3.05) is 20.1 Å². The summed E-state index contributed by atoms with van der Waals surface area (Å²) in [6.07, 6.45) is 5.96. The van der Waals surface area contributed by atoms with Gasteiger partial charge in [-0.2, -0.15) is 0 Å². The molecule has 2 atom stereocenters. The SMILES string of the molecule is CN1CCC(C2CC2CC=O)CC1. The number of hydrogen-bond donors (Lipinski definition) is 0. The van der Waals surface area contributed by atoms with Crippen molar-refractivity contribution in [3.8, 4) is 0 Å². The lowest BCUT2D eigenvalue weighted by Gasteiger charge is -2.29. The third-order valence-corrected chi connectivity index (χ3v) is 3.74. The van der Waals surface area contributed by atoms with Crippen molar-refractivity contribution in [3.05, 3.63) is 0 Å². The molecular formula is C11H19NO. The van der Waals surface area contributed by atoms with Gasteiger partial charge in [0.25, 0.3) is 0 Å². The Kier molecular flexibility index (Phi) is 2.68. The van der Waals surface area contributed by atoms with E-state index < -0.39 is 0 Å². The molecule has 2 nitrogen and oxygen atoms in total. The maximum Gasteiger partial charge on any atom is 0.120 e. The number of carbonyl (C=O) groups is 1. The summed E-state index contributed by atoms with van der Waals surface area (Å²) in [5.74, 6) is 2.59. The van der Waals surface area contributed by atoms with Crippen LogP contribution in [0.25, 0.3) is 0 Å². The van der Waals surface area contributed by atoms with Gasteiger partial charge in [-0.3, -0.25) is 0 Å². The van der Waals surface area contributed by atoms with Gasteiger partial charge in [0.2, 0.25) is 0 Å². The zero-order valence-corrected chi connectivity index (χ0v) is 8.41. The number of carbonyl (C=O) groups excluding carboxylic acids is 1. The molecule has 2 heteroatoms. The number of aldehydes is 1. The summed E-state index contributed by atoms with van der Waals surface area (Å²) in [5, 5.41) is 0. The largest absolute Gasteiger partial charge is 0.306 e. The van der Waals surface area contributed by atoms with E-state index in [2.05, 4.69) is 11.9 Å². The molecular weight excluding hydrogens is 162 g/mol. The smallest absolute Gasteiger partial charge is 0.120 e. The Hall–Kier alpha value is -0.370. The molecule has 2 unspecified atom stereocenters. The molecule has 0 bridgehead atoms. The Bertz CT molecular complexity index is 185. The average molecular weight is 181 g/mol. The lowest BCUT2D eigenvalue weighted by Crippen LogP contribution is -2.31. The van der Waals surface area contributed by atoms with Crippen LogP contribution in [-0.2, 0) is 4.79 Å². The third-order valence-electron chi connectivity index (χ3n) is 3.74. The zero-order chi connectivity index (χ0) is 9.26. The molecule has 0 aromatic rings. The number of nitrogens with zero attached hydrogens (tertiary/aromatic N) is 1. The van der Waals surface area contributed by atoms with Crippen LogP contribution < -0.4 is 0 Å².